The van der Waals surface area contributed by atoms with Crippen molar-refractivity contribution >= 4 is 17.8 Å². The Labute approximate surface area is 182 Å². The van der Waals surface area contributed by atoms with Crippen molar-refractivity contribution in [3.8, 4) is 0 Å². The minimum atomic E-state index is -0.152. The number of hydrogen-bond donors (Lipinski definition) is 1. The second kappa shape index (κ2) is 8.16. The van der Waals surface area contributed by atoms with E-state index < -0.39 is 0 Å². The molecule has 168 valence electrons. The summed E-state index contributed by atoms with van der Waals surface area (Å²) >= 11 is 0. The van der Waals surface area contributed by atoms with Gasteiger partial charge in [-0.25, -0.2) is 9.78 Å². The molecule has 1 N–H and O–H groups in total. The van der Waals surface area contributed by atoms with Gasteiger partial charge in [0.1, 0.15) is 5.69 Å². The van der Waals surface area contributed by atoms with Gasteiger partial charge < -0.3 is 24.6 Å². The fourth-order valence-corrected chi connectivity index (χ4v) is 5.97. The first kappa shape index (κ1) is 20.3. The molecule has 0 aliphatic carbocycles. The molecule has 0 spiro atoms. The second-order valence-electron chi connectivity index (χ2n) is 9.71. The Kier molecular flexibility index (Phi) is 5.35. The standard InChI is InChI=1S/C22H32N6O3/c1-25-13-18(23-14-25)21(30)24-17-5-7-26(8-6-17)22(31)27-10-15-9-16(12-27)19-3-2-4-20(29)28(19)11-15/h13-17,19H,2-12H2,1H3,(H,24,30)/t15?,16?,19-/m1/s1. The minimum absolute atomic E-state index is 0.0705. The Morgan fingerprint density at radius 3 is 2.65 bits per heavy atom. The number of nitrogens with one attached hydrogen (secondary N) is 1. The van der Waals surface area contributed by atoms with E-state index in [2.05, 4.69) is 15.2 Å². The van der Waals surface area contributed by atoms with E-state index in [-0.39, 0.29) is 18.0 Å². The van der Waals surface area contributed by atoms with Gasteiger partial charge in [-0.2, -0.15) is 0 Å². The van der Waals surface area contributed by atoms with Crippen LogP contribution in [-0.4, -0.2) is 86.9 Å². The Bertz CT molecular complexity index is 861. The fourth-order valence-electron chi connectivity index (χ4n) is 5.97. The molecule has 4 amide bonds. The predicted octanol–water partition coefficient (Wildman–Crippen LogP) is 1.07. The highest BCUT2D eigenvalue weighted by Gasteiger charge is 2.45. The molecule has 9 heteroatoms. The van der Waals surface area contributed by atoms with Crippen LogP contribution in [0.5, 0.6) is 0 Å². The number of carbonyl (C=O) groups excluding carboxylic acids is 3. The van der Waals surface area contributed by atoms with Crippen LogP contribution < -0.4 is 5.32 Å². The summed E-state index contributed by atoms with van der Waals surface area (Å²) in [6.45, 7) is 3.64. The number of amides is 4. The Morgan fingerprint density at radius 2 is 1.90 bits per heavy atom. The van der Waals surface area contributed by atoms with Gasteiger partial charge in [-0.05, 0) is 43.9 Å². The summed E-state index contributed by atoms with van der Waals surface area (Å²) in [7, 11) is 1.84. The molecule has 0 saturated carbocycles. The van der Waals surface area contributed by atoms with Gasteiger partial charge in [-0.1, -0.05) is 0 Å². The molecule has 2 bridgehead atoms. The Hall–Kier alpha value is -2.58. The zero-order valence-electron chi connectivity index (χ0n) is 18.2. The average molecular weight is 429 g/mol. The zero-order valence-corrected chi connectivity index (χ0v) is 18.2. The van der Waals surface area contributed by atoms with Crippen molar-refractivity contribution in [3.05, 3.63) is 18.2 Å². The van der Waals surface area contributed by atoms with Crippen LogP contribution in [-0.2, 0) is 11.8 Å². The van der Waals surface area contributed by atoms with Crippen molar-refractivity contribution in [1.29, 1.82) is 0 Å². The van der Waals surface area contributed by atoms with Gasteiger partial charge in [0.25, 0.3) is 5.91 Å². The van der Waals surface area contributed by atoms with E-state index in [1.165, 1.54) is 0 Å². The van der Waals surface area contributed by atoms with Gasteiger partial charge in [0.05, 0.1) is 6.33 Å². The molecule has 31 heavy (non-hydrogen) atoms. The summed E-state index contributed by atoms with van der Waals surface area (Å²) in [6, 6.07) is 0.515. The minimum Gasteiger partial charge on any atom is -0.348 e. The van der Waals surface area contributed by atoms with E-state index in [9.17, 15) is 14.4 Å². The number of nitrogens with zero attached hydrogens (tertiary/aromatic N) is 5. The van der Waals surface area contributed by atoms with Crippen LogP contribution in [0.3, 0.4) is 0 Å². The largest absolute Gasteiger partial charge is 0.348 e. The smallest absolute Gasteiger partial charge is 0.320 e. The molecule has 4 saturated heterocycles. The monoisotopic (exact) mass is 428 g/mol. The first-order valence-electron chi connectivity index (χ1n) is 11.6. The van der Waals surface area contributed by atoms with Gasteiger partial charge in [-0.3, -0.25) is 9.59 Å². The number of fused-ring (bicyclic) bond motifs is 4. The van der Waals surface area contributed by atoms with Crippen LogP contribution in [0.1, 0.15) is 49.0 Å². The van der Waals surface area contributed by atoms with E-state index in [1.54, 1.807) is 17.1 Å². The molecule has 9 nitrogen and oxygen atoms in total. The zero-order chi connectivity index (χ0) is 21.5. The highest BCUT2D eigenvalue weighted by molar-refractivity contribution is 5.92. The molecule has 0 aromatic carbocycles. The summed E-state index contributed by atoms with van der Waals surface area (Å²) in [4.78, 5) is 48.1. The molecule has 5 heterocycles. The van der Waals surface area contributed by atoms with Gasteiger partial charge >= 0.3 is 6.03 Å². The maximum atomic E-state index is 13.2. The van der Waals surface area contributed by atoms with Crippen molar-refractivity contribution < 1.29 is 14.4 Å². The lowest BCUT2D eigenvalue weighted by Gasteiger charge is -2.53. The number of rotatable bonds is 2. The lowest BCUT2D eigenvalue weighted by molar-refractivity contribution is -0.144. The topological polar surface area (TPSA) is 90.8 Å². The summed E-state index contributed by atoms with van der Waals surface area (Å²) in [6.07, 6.45) is 8.73. The second-order valence-corrected chi connectivity index (χ2v) is 9.71. The number of aromatic nitrogens is 2. The quantitative estimate of drug-likeness (QED) is 0.763. The molecule has 1 aromatic rings. The van der Waals surface area contributed by atoms with Crippen LogP contribution in [0.15, 0.2) is 12.5 Å². The number of carbonyl (C=O) groups is 3. The summed E-state index contributed by atoms with van der Waals surface area (Å²) < 4.78 is 1.76. The fraction of sp³-hybridized carbons (Fsp3) is 0.727. The van der Waals surface area contributed by atoms with E-state index in [1.807, 2.05) is 16.8 Å². The third-order valence-corrected chi connectivity index (χ3v) is 7.49. The molecule has 4 aliphatic rings. The van der Waals surface area contributed by atoms with Crippen molar-refractivity contribution in [1.82, 2.24) is 29.6 Å². The third kappa shape index (κ3) is 4.02. The molecule has 2 unspecified atom stereocenters. The van der Waals surface area contributed by atoms with Crippen LogP contribution in [0.4, 0.5) is 4.79 Å². The van der Waals surface area contributed by atoms with Gasteiger partial charge in [0, 0.05) is 64.5 Å². The van der Waals surface area contributed by atoms with Crippen LogP contribution in [0, 0.1) is 11.8 Å². The summed E-state index contributed by atoms with van der Waals surface area (Å²) in [5.41, 5.74) is 0.427. The van der Waals surface area contributed by atoms with Crippen LogP contribution >= 0.6 is 0 Å². The van der Waals surface area contributed by atoms with Crippen molar-refractivity contribution in [2.45, 2.75) is 50.6 Å². The molecule has 0 radical (unpaired) electrons. The maximum Gasteiger partial charge on any atom is 0.320 e. The number of imidazole rings is 1. The maximum absolute atomic E-state index is 13.2. The van der Waals surface area contributed by atoms with E-state index >= 15 is 0 Å². The lowest BCUT2D eigenvalue weighted by Crippen LogP contribution is -2.62. The molecule has 4 fully saturated rings. The highest BCUT2D eigenvalue weighted by Crippen LogP contribution is 2.38. The van der Waals surface area contributed by atoms with Gasteiger partial charge in [-0.15, -0.1) is 0 Å². The Balaban J connectivity index is 1.14. The average Bonchev–Trinajstić information content (AvgIpc) is 3.21. The third-order valence-electron chi connectivity index (χ3n) is 7.49. The SMILES string of the molecule is Cn1cnc(C(=O)NC2CCN(C(=O)N3CC4CC(C3)[C@H]3CCCC(=O)N3C4)CC2)c1. The first-order chi connectivity index (χ1) is 15.0. The summed E-state index contributed by atoms with van der Waals surface area (Å²) in [5.74, 6) is 0.966. The van der Waals surface area contributed by atoms with E-state index in [0.29, 0.717) is 49.0 Å². The molecule has 5 rings (SSSR count). The van der Waals surface area contributed by atoms with Crippen molar-refractivity contribution in [2.24, 2.45) is 18.9 Å². The lowest BCUT2D eigenvalue weighted by atomic mass is 9.76. The summed E-state index contributed by atoms with van der Waals surface area (Å²) in [5, 5.41) is 3.05. The molecule has 4 aliphatic heterocycles. The van der Waals surface area contributed by atoms with Gasteiger partial charge in [0.2, 0.25) is 5.91 Å². The van der Waals surface area contributed by atoms with E-state index in [0.717, 1.165) is 51.7 Å². The number of hydrogen-bond acceptors (Lipinski definition) is 4. The molecule has 3 atom stereocenters. The van der Waals surface area contributed by atoms with Crippen molar-refractivity contribution in [3.63, 3.8) is 0 Å². The van der Waals surface area contributed by atoms with Crippen LogP contribution in [0.2, 0.25) is 0 Å². The number of urea groups is 1. The molecular formula is C22H32N6O3. The molecular weight excluding hydrogens is 396 g/mol. The number of likely N-dealkylation sites (tertiary alicyclic amines) is 2. The number of piperidine rings is 4. The predicted molar refractivity (Wildman–Crippen MR) is 113 cm³/mol. The van der Waals surface area contributed by atoms with Gasteiger partial charge in [0.15, 0.2) is 0 Å². The van der Waals surface area contributed by atoms with E-state index in [4.69, 9.17) is 0 Å². The van der Waals surface area contributed by atoms with Crippen LogP contribution in [0.25, 0.3) is 0 Å². The Morgan fingerprint density at radius 1 is 1.10 bits per heavy atom. The highest BCUT2D eigenvalue weighted by atomic mass is 16.2. The molecule has 1 aromatic heterocycles. The number of aryl methyl sites for hydroxylation is 1. The first-order valence-corrected chi connectivity index (χ1v) is 11.6. The van der Waals surface area contributed by atoms with Crippen molar-refractivity contribution in [2.75, 3.05) is 32.7 Å². The normalized spacial score (nSPS) is 29.0.